The SMILES string of the molecule is CN(Cc1ccccc1N)S(=O)(=O)c1cccs1. The second-order valence-electron chi connectivity index (χ2n) is 3.89. The summed E-state index contributed by atoms with van der Waals surface area (Å²) in [7, 11) is -1.86. The molecule has 0 amide bonds. The van der Waals surface area contributed by atoms with E-state index in [9.17, 15) is 8.42 Å². The Morgan fingerprint density at radius 1 is 1.22 bits per heavy atom. The molecule has 2 rings (SSSR count). The zero-order valence-corrected chi connectivity index (χ0v) is 11.5. The lowest BCUT2D eigenvalue weighted by molar-refractivity contribution is 0.469. The lowest BCUT2D eigenvalue weighted by Crippen LogP contribution is -2.26. The van der Waals surface area contributed by atoms with Crippen LogP contribution in [-0.4, -0.2) is 19.8 Å². The van der Waals surface area contributed by atoms with Gasteiger partial charge in [0.05, 0.1) is 0 Å². The molecule has 0 atom stereocenters. The van der Waals surface area contributed by atoms with Gasteiger partial charge in [-0.25, -0.2) is 8.42 Å². The van der Waals surface area contributed by atoms with Crippen LogP contribution >= 0.6 is 11.3 Å². The Hall–Kier alpha value is -1.37. The topological polar surface area (TPSA) is 63.4 Å². The monoisotopic (exact) mass is 282 g/mol. The second kappa shape index (κ2) is 5.09. The van der Waals surface area contributed by atoms with E-state index in [1.54, 1.807) is 30.6 Å². The highest BCUT2D eigenvalue weighted by molar-refractivity contribution is 7.91. The van der Waals surface area contributed by atoms with Crippen LogP contribution in [0.4, 0.5) is 5.69 Å². The third kappa shape index (κ3) is 2.55. The Bertz CT molecular complexity index is 621. The van der Waals surface area contributed by atoms with E-state index in [1.807, 2.05) is 18.2 Å². The number of thiophene rings is 1. The standard InChI is InChI=1S/C12H14N2O2S2/c1-14(9-10-5-2-3-6-11(10)13)18(15,16)12-7-4-8-17-12/h2-8H,9,13H2,1H3. The Kier molecular flexibility index (Phi) is 3.70. The van der Waals surface area contributed by atoms with Crippen LogP contribution < -0.4 is 5.73 Å². The fourth-order valence-electron chi connectivity index (χ4n) is 1.57. The third-order valence-corrected chi connectivity index (χ3v) is 5.78. The molecule has 2 N–H and O–H groups in total. The molecule has 0 aliphatic heterocycles. The summed E-state index contributed by atoms with van der Waals surface area (Å²) in [5.74, 6) is 0. The number of rotatable bonds is 4. The Morgan fingerprint density at radius 3 is 2.56 bits per heavy atom. The van der Waals surface area contributed by atoms with Crippen LogP contribution in [0.5, 0.6) is 0 Å². The maximum atomic E-state index is 12.2. The summed E-state index contributed by atoms with van der Waals surface area (Å²) >= 11 is 1.21. The molecule has 0 saturated carbocycles. The van der Waals surface area contributed by atoms with Gasteiger partial charge in [0.2, 0.25) is 0 Å². The number of nitrogens with two attached hydrogens (primary N) is 1. The number of nitrogens with zero attached hydrogens (tertiary/aromatic N) is 1. The molecule has 0 fully saturated rings. The highest BCUT2D eigenvalue weighted by Crippen LogP contribution is 2.22. The van der Waals surface area contributed by atoms with E-state index in [4.69, 9.17) is 5.73 Å². The van der Waals surface area contributed by atoms with Gasteiger partial charge in [0.25, 0.3) is 10.0 Å². The van der Waals surface area contributed by atoms with Crippen molar-refractivity contribution < 1.29 is 8.42 Å². The zero-order valence-electron chi connectivity index (χ0n) is 9.91. The quantitative estimate of drug-likeness (QED) is 0.874. The van der Waals surface area contributed by atoms with Crippen molar-refractivity contribution in [2.24, 2.45) is 0 Å². The molecule has 0 spiro atoms. The van der Waals surface area contributed by atoms with Crippen molar-refractivity contribution in [2.75, 3.05) is 12.8 Å². The van der Waals surface area contributed by atoms with Crippen molar-refractivity contribution in [1.82, 2.24) is 4.31 Å². The zero-order chi connectivity index (χ0) is 13.2. The Labute approximate surface area is 111 Å². The van der Waals surface area contributed by atoms with Gasteiger partial charge < -0.3 is 5.73 Å². The van der Waals surface area contributed by atoms with Crippen molar-refractivity contribution in [3.8, 4) is 0 Å². The smallest absolute Gasteiger partial charge is 0.252 e. The average molecular weight is 282 g/mol. The summed E-state index contributed by atoms with van der Waals surface area (Å²) < 4.78 is 26.1. The van der Waals surface area contributed by atoms with Gasteiger partial charge >= 0.3 is 0 Å². The molecule has 96 valence electrons. The van der Waals surface area contributed by atoms with Crippen molar-refractivity contribution >= 4 is 27.0 Å². The number of hydrogen-bond acceptors (Lipinski definition) is 4. The minimum Gasteiger partial charge on any atom is -0.398 e. The van der Waals surface area contributed by atoms with Gasteiger partial charge in [-0.2, -0.15) is 4.31 Å². The summed E-state index contributed by atoms with van der Waals surface area (Å²) in [5, 5.41) is 1.75. The first-order valence-corrected chi connectivity index (χ1v) is 7.67. The number of anilines is 1. The van der Waals surface area contributed by atoms with Gasteiger partial charge in [-0.3, -0.25) is 0 Å². The van der Waals surface area contributed by atoms with E-state index in [0.29, 0.717) is 9.90 Å². The number of para-hydroxylation sites is 1. The summed E-state index contributed by atoms with van der Waals surface area (Å²) in [6.07, 6.45) is 0. The number of hydrogen-bond donors (Lipinski definition) is 1. The molecule has 6 heteroatoms. The fraction of sp³-hybridized carbons (Fsp3) is 0.167. The molecule has 1 heterocycles. The van der Waals surface area contributed by atoms with E-state index in [-0.39, 0.29) is 6.54 Å². The summed E-state index contributed by atoms with van der Waals surface area (Å²) in [4.78, 5) is 0. The minimum atomic E-state index is -3.41. The molecule has 0 aliphatic carbocycles. The summed E-state index contributed by atoms with van der Waals surface area (Å²) in [5.41, 5.74) is 7.22. The molecular weight excluding hydrogens is 268 g/mol. The van der Waals surface area contributed by atoms with Crippen LogP contribution in [0.1, 0.15) is 5.56 Å². The molecule has 2 aromatic rings. The van der Waals surface area contributed by atoms with E-state index in [0.717, 1.165) is 5.56 Å². The molecule has 1 aromatic carbocycles. The predicted molar refractivity (Wildman–Crippen MR) is 73.8 cm³/mol. The van der Waals surface area contributed by atoms with Crippen LogP contribution in [0.3, 0.4) is 0 Å². The first-order chi connectivity index (χ1) is 8.51. The molecular formula is C12H14N2O2S2. The molecule has 18 heavy (non-hydrogen) atoms. The first kappa shape index (κ1) is 13.1. The van der Waals surface area contributed by atoms with E-state index < -0.39 is 10.0 Å². The number of benzene rings is 1. The van der Waals surface area contributed by atoms with Gasteiger partial charge in [0, 0.05) is 19.3 Å². The number of sulfonamides is 1. The molecule has 0 unspecified atom stereocenters. The Morgan fingerprint density at radius 2 is 1.94 bits per heavy atom. The van der Waals surface area contributed by atoms with Crippen molar-refractivity contribution in [2.45, 2.75) is 10.8 Å². The van der Waals surface area contributed by atoms with E-state index >= 15 is 0 Å². The summed E-state index contributed by atoms with van der Waals surface area (Å²) in [6.45, 7) is 0.271. The van der Waals surface area contributed by atoms with Crippen LogP contribution in [0, 0.1) is 0 Å². The maximum absolute atomic E-state index is 12.2. The molecule has 1 aromatic heterocycles. The largest absolute Gasteiger partial charge is 0.398 e. The van der Waals surface area contributed by atoms with E-state index in [1.165, 1.54) is 15.6 Å². The van der Waals surface area contributed by atoms with Crippen molar-refractivity contribution in [3.05, 3.63) is 47.3 Å². The third-order valence-electron chi connectivity index (χ3n) is 2.61. The highest BCUT2D eigenvalue weighted by Gasteiger charge is 2.22. The molecule has 0 saturated heterocycles. The van der Waals surface area contributed by atoms with Crippen LogP contribution in [0.15, 0.2) is 46.0 Å². The van der Waals surface area contributed by atoms with Crippen molar-refractivity contribution in [3.63, 3.8) is 0 Å². The van der Waals surface area contributed by atoms with Crippen LogP contribution in [-0.2, 0) is 16.6 Å². The molecule has 0 bridgehead atoms. The molecule has 0 aliphatic rings. The van der Waals surface area contributed by atoms with Crippen LogP contribution in [0.2, 0.25) is 0 Å². The van der Waals surface area contributed by atoms with Gasteiger partial charge in [-0.15, -0.1) is 11.3 Å². The van der Waals surface area contributed by atoms with Gasteiger partial charge in [0.1, 0.15) is 4.21 Å². The van der Waals surface area contributed by atoms with Gasteiger partial charge in [-0.1, -0.05) is 24.3 Å². The minimum absolute atomic E-state index is 0.271. The second-order valence-corrected chi connectivity index (χ2v) is 7.11. The number of nitrogen functional groups attached to an aromatic ring is 1. The fourth-order valence-corrected chi connectivity index (χ4v) is 3.92. The molecule has 0 radical (unpaired) electrons. The highest BCUT2D eigenvalue weighted by atomic mass is 32.2. The predicted octanol–water partition coefficient (Wildman–Crippen LogP) is 2.15. The first-order valence-electron chi connectivity index (χ1n) is 5.35. The average Bonchev–Trinajstić information content (AvgIpc) is 2.86. The van der Waals surface area contributed by atoms with Gasteiger partial charge in [-0.05, 0) is 23.1 Å². The van der Waals surface area contributed by atoms with Crippen molar-refractivity contribution in [1.29, 1.82) is 0 Å². The van der Waals surface area contributed by atoms with Gasteiger partial charge in [0.15, 0.2) is 0 Å². The molecule has 4 nitrogen and oxygen atoms in total. The Balaban J connectivity index is 2.24. The lowest BCUT2D eigenvalue weighted by atomic mass is 10.2. The lowest BCUT2D eigenvalue weighted by Gasteiger charge is -2.17. The maximum Gasteiger partial charge on any atom is 0.252 e. The van der Waals surface area contributed by atoms with Crippen LogP contribution in [0.25, 0.3) is 0 Å². The summed E-state index contributed by atoms with van der Waals surface area (Å²) in [6, 6.07) is 10.6. The normalized spacial score (nSPS) is 11.9. The van der Waals surface area contributed by atoms with E-state index in [2.05, 4.69) is 0 Å².